The fraction of sp³-hybridized carbons (Fsp3) is 0.312. The van der Waals surface area contributed by atoms with Crippen molar-refractivity contribution in [1.82, 2.24) is 4.98 Å². The lowest BCUT2D eigenvalue weighted by atomic mass is 9.87. The van der Waals surface area contributed by atoms with Crippen LogP contribution < -0.4 is 4.74 Å². The Morgan fingerprint density at radius 2 is 1.72 bits per heavy atom. The van der Waals surface area contributed by atoms with Gasteiger partial charge in [-0.1, -0.05) is 39.0 Å². The molecule has 2 rings (SSSR count). The molecular formula is C16H19NO. The van der Waals surface area contributed by atoms with Gasteiger partial charge in [0.1, 0.15) is 12.4 Å². The maximum Gasteiger partial charge on any atom is 0.130 e. The van der Waals surface area contributed by atoms with E-state index in [1.165, 1.54) is 5.56 Å². The molecule has 0 atom stereocenters. The van der Waals surface area contributed by atoms with Crippen molar-refractivity contribution in [2.45, 2.75) is 32.8 Å². The molecule has 0 fully saturated rings. The molecule has 2 heteroatoms. The third-order valence-electron chi connectivity index (χ3n) is 2.83. The summed E-state index contributed by atoms with van der Waals surface area (Å²) in [7, 11) is 0. The van der Waals surface area contributed by atoms with Crippen LogP contribution >= 0.6 is 0 Å². The highest BCUT2D eigenvalue weighted by atomic mass is 16.5. The second-order valence-electron chi connectivity index (χ2n) is 5.38. The zero-order chi connectivity index (χ0) is 13.0. The number of aromatic nitrogens is 1. The van der Waals surface area contributed by atoms with E-state index in [4.69, 9.17) is 4.74 Å². The van der Waals surface area contributed by atoms with E-state index in [-0.39, 0.29) is 5.41 Å². The second kappa shape index (κ2) is 5.21. The Hall–Kier alpha value is -1.83. The lowest BCUT2D eigenvalue weighted by molar-refractivity contribution is 0.301. The van der Waals surface area contributed by atoms with Gasteiger partial charge < -0.3 is 4.74 Å². The van der Waals surface area contributed by atoms with Crippen molar-refractivity contribution in [2.75, 3.05) is 0 Å². The molecule has 0 radical (unpaired) electrons. The Morgan fingerprint density at radius 3 is 2.28 bits per heavy atom. The van der Waals surface area contributed by atoms with Gasteiger partial charge in [0.2, 0.25) is 0 Å². The molecule has 18 heavy (non-hydrogen) atoms. The van der Waals surface area contributed by atoms with Crippen molar-refractivity contribution >= 4 is 0 Å². The van der Waals surface area contributed by atoms with Crippen LogP contribution in [0.4, 0.5) is 0 Å². The predicted octanol–water partition coefficient (Wildman–Crippen LogP) is 3.96. The zero-order valence-electron chi connectivity index (χ0n) is 11.2. The molecule has 1 heterocycles. The highest BCUT2D eigenvalue weighted by Gasteiger charge is 2.12. The Balaban J connectivity index is 1.99. The van der Waals surface area contributed by atoms with Crippen LogP contribution in [0.2, 0.25) is 0 Å². The van der Waals surface area contributed by atoms with Gasteiger partial charge in [0, 0.05) is 6.20 Å². The maximum absolute atomic E-state index is 5.70. The van der Waals surface area contributed by atoms with Gasteiger partial charge in [-0.15, -0.1) is 0 Å². The summed E-state index contributed by atoms with van der Waals surface area (Å²) >= 11 is 0. The number of hydrogen-bond acceptors (Lipinski definition) is 2. The van der Waals surface area contributed by atoms with E-state index in [0.29, 0.717) is 6.61 Å². The minimum absolute atomic E-state index is 0.180. The molecule has 1 aromatic heterocycles. The molecule has 0 aliphatic heterocycles. The summed E-state index contributed by atoms with van der Waals surface area (Å²) in [5.74, 6) is 0.883. The first kappa shape index (κ1) is 12.6. The summed E-state index contributed by atoms with van der Waals surface area (Å²) in [4.78, 5) is 4.23. The normalized spacial score (nSPS) is 11.3. The smallest absolute Gasteiger partial charge is 0.130 e. The highest BCUT2D eigenvalue weighted by Crippen LogP contribution is 2.24. The standard InChI is InChI=1S/C16H19NO/c1-16(2,3)13-7-9-15(10-8-13)18-12-14-6-4-5-11-17-14/h4-11H,12H2,1-3H3. The van der Waals surface area contributed by atoms with Gasteiger partial charge in [0.05, 0.1) is 5.69 Å². The number of benzene rings is 1. The SMILES string of the molecule is CC(C)(C)c1ccc(OCc2ccccn2)cc1. The molecule has 0 N–H and O–H groups in total. The van der Waals surface area contributed by atoms with Gasteiger partial charge in [0.15, 0.2) is 0 Å². The molecular weight excluding hydrogens is 222 g/mol. The fourth-order valence-electron chi connectivity index (χ4n) is 1.69. The number of rotatable bonds is 3. The first-order valence-electron chi connectivity index (χ1n) is 6.19. The molecule has 0 amide bonds. The summed E-state index contributed by atoms with van der Waals surface area (Å²) < 4.78 is 5.70. The van der Waals surface area contributed by atoms with Crippen molar-refractivity contribution in [3.8, 4) is 5.75 Å². The first-order chi connectivity index (χ1) is 8.55. The Bertz CT molecular complexity index is 483. The van der Waals surface area contributed by atoms with Crippen molar-refractivity contribution in [3.63, 3.8) is 0 Å². The summed E-state index contributed by atoms with van der Waals surface area (Å²) in [6.45, 7) is 7.12. The van der Waals surface area contributed by atoms with Crippen LogP contribution in [-0.2, 0) is 12.0 Å². The summed E-state index contributed by atoms with van der Waals surface area (Å²) in [5, 5.41) is 0. The molecule has 0 unspecified atom stereocenters. The van der Waals surface area contributed by atoms with Crippen LogP contribution in [0.25, 0.3) is 0 Å². The first-order valence-corrected chi connectivity index (χ1v) is 6.19. The average Bonchev–Trinajstić information content (AvgIpc) is 2.37. The van der Waals surface area contributed by atoms with E-state index in [1.54, 1.807) is 6.20 Å². The molecule has 0 saturated heterocycles. The third kappa shape index (κ3) is 3.33. The van der Waals surface area contributed by atoms with E-state index < -0.39 is 0 Å². The Labute approximate surface area is 109 Å². The highest BCUT2D eigenvalue weighted by molar-refractivity contribution is 5.31. The van der Waals surface area contributed by atoms with Crippen molar-refractivity contribution in [3.05, 3.63) is 59.9 Å². The van der Waals surface area contributed by atoms with E-state index >= 15 is 0 Å². The van der Waals surface area contributed by atoms with Crippen molar-refractivity contribution in [1.29, 1.82) is 0 Å². The summed E-state index contributed by atoms with van der Waals surface area (Å²) in [5.41, 5.74) is 2.43. The van der Waals surface area contributed by atoms with Gasteiger partial charge in [0.25, 0.3) is 0 Å². The molecule has 0 aliphatic rings. The Kier molecular flexibility index (Phi) is 3.66. The van der Waals surface area contributed by atoms with E-state index in [2.05, 4.69) is 37.9 Å². The molecule has 0 bridgehead atoms. The van der Waals surface area contributed by atoms with Crippen LogP contribution in [0.5, 0.6) is 5.75 Å². The topological polar surface area (TPSA) is 22.1 Å². The van der Waals surface area contributed by atoms with Crippen molar-refractivity contribution < 1.29 is 4.74 Å². The molecule has 94 valence electrons. The quantitative estimate of drug-likeness (QED) is 0.811. The summed E-state index contributed by atoms with van der Waals surface area (Å²) in [6, 6.07) is 14.1. The third-order valence-corrected chi connectivity index (χ3v) is 2.83. The van der Waals surface area contributed by atoms with Crippen LogP contribution in [0, 0.1) is 0 Å². The summed E-state index contributed by atoms with van der Waals surface area (Å²) in [6.07, 6.45) is 1.78. The maximum atomic E-state index is 5.70. The number of ether oxygens (including phenoxy) is 1. The average molecular weight is 241 g/mol. The largest absolute Gasteiger partial charge is 0.487 e. The molecule has 2 nitrogen and oxygen atoms in total. The minimum atomic E-state index is 0.180. The molecule has 0 spiro atoms. The van der Waals surface area contributed by atoms with Crippen LogP contribution in [-0.4, -0.2) is 4.98 Å². The number of hydrogen-bond donors (Lipinski definition) is 0. The number of pyridine rings is 1. The van der Waals surface area contributed by atoms with Crippen LogP contribution in [0.3, 0.4) is 0 Å². The van der Waals surface area contributed by atoms with Crippen LogP contribution in [0.15, 0.2) is 48.7 Å². The minimum Gasteiger partial charge on any atom is -0.487 e. The van der Waals surface area contributed by atoms with E-state index in [9.17, 15) is 0 Å². The Morgan fingerprint density at radius 1 is 1.00 bits per heavy atom. The van der Waals surface area contributed by atoms with E-state index in [1.807, 2.05) is 30.3 Å². The van der Waals surface area contributed by atoms with Gasteiger partial charge >= 0.3 is 0 Å². The second-order valence-corrected chi connectivity index (χ2v) is 5.38. The lowest BCUT2D eigenvalue weighted by Crippen LogP contribution is -2.10. The van der Waals surface area contributed by atoms with Gasteiger partial charge in [-0.2, -0.15) is 0 Å². The van der Waals surface area contributed by atoms with Gasteiger partial charge in [-0.05, 0) is 35.2 Å². The fourth-order valence-corrected chi connectivity index (χ4v) is 1.69. The van der Waals surface area contributed by atoms with Crippen molar-refractivity contribution in [2.24, 2.45) is 0 Å². The predicted molar refractivity (Wildman–Crippen MR) is 73.7 cm³/mol. The lowest BCUT2D eigenvalue weighted by Gasteiger charge is -2.19. The molecule has 2 aromatic rings. The molecule has 0 aliphatic carbocycles. The molecule has 0 saturated carbocycles. The number of nitrogens with zero attached hydrogens (tertiary/aromatic N) is 1. The van der Waals surface area contributed by atoms with Crippen LogP contribution in [0.1, 0.15) is 32.0 Å². The molecule has 1 aromatic carbocycles. The van der Waals surface area contributed by atoms with Gasteiger partial charge in [-0.25, -0.2) is 0 Å². The van der Waals surface area contributed by atoms with Gasteiger partial charge in [-0.3, -0.25) is 4.98 Å². The van der Waals surface area contributed by atoms with E-state index in [0.717, 1.165) is 11.4 Å². The zero-order valence-corrected chi connectivity index (χ0v) is 11.2. The monoisotopic (exact) mass is 241 g/mol.